The molecule has 4 nitrogen and oxygen atoms in total. The van der Waals surface area contributed by atoms with Crippen molar-refractivity contribution in [2.75, 3.05) is 0 Å². The molecule has 0 aliphatic rings. The van der Waals surface area contributed by atoms with Crippen molar-refractivity contribution in [2.24, 2.45) is 7.05 Å². The van der Waals surface area contributed by atoms with Crippen LogP contribution in [0.15, 0.2) is 24.5 Å². The van der Waals surface area contributed by atoms with Crippen LogP contribution in [0.5, 0.6) is 0 Å². The quantitative estimate of drug-likeness (QED) is 0.852. The number of aromatic nitrogens is 3. The van der Waals surface area contributed by atoms with E-state index >= 15 is 0 Å². The van der Waals surface area contributed by atoms with Gasteiger partial charge in [0.15, 0.2) is 0 Å². The van der Waals surface area contributed by atoms with Crippen molar-refractivity contribution in [3.05, 3.63) is 41.5 Å². The molecule has 0 saturated carbocycles. The summed E-state index contributed by atoms with van der Waals surface area (Å²) in [6, 6.07) is 4.01. The molecule has 2 rings (SSSR count). The van der Waals surface area contributed by atoms with Gasteiger partial charge in [0.2, 0.25) is 0 Å². The van der Waals surface area contributed by atoms with Crippen LogP contribution in [0.4, 0.5) is 0 Å². The first-order valence-electron chi connectivity index (χ1n) is 5.39. The van der Waals surface area contributed by atoms with E-state index in [-0.39, 0.29) is 0 Å². The fraction of sp³-hybridized carbons (Fsp3) is 0.417. The average Bonchev–Trinajstić information content (AvgIpc) is 2.75. The summed E-state index contributed by atoms with van der Waals surface area (Å²) in [4.78, 5) is 0. The SMILES string of the molecule is Cc1cc(Cn2ccc(C(C)O)c2)n(C)n1. The Labute approximate surface area is 95.1 Å². The summed E-state index contributed by atoms with van der Waals surface area (Å²) in [5.41, 5.74) is 3.13. The molecule has 0 aromatic carbocycles. The van der Waals surface area contributed by atoms with Gasteiger partial charge < -0.3 is 9.67 Å². The monoisotopic (exact) mass is 219 g/mol. The van der Waals surface area contributed by atoms with Crippen molar-refractivity contribution in [1.29, 1.82) is 0 Å². The number of hydrogen-bond acceptors (Lipinski definition) is 2. The summed E-state index contributed by atoms with van der Waals surface area (Å²) in [7, 11) is 1.95. The molecule has 0 radical (unpaired) electrons. The lowest BCUT2D eigenvalue weighted by atomic mass is 10.2. The van der Waals surface area contributed by atoms with Crippen LogP contribution in [0.3, 0.4) is 0 Å². The van der Waals surface area contributed by atoms with Gasteiger partial charge in [-0.1, -0.05) is 0 Å². The van der Waals surface area contributed by atoms with E-state index in [0.29, 0.717) is 0 Å². The van der Waals surface area contributed by atoms with Crippen molar-refractivity contribution in [3.8, 4) is 0 Å². The van der Waals surface area contributed by atoms with Crippen LogP contribution in [0.2, 0.25) is 0 Å². The molecule has 4 heteroatoms. The molecular formula is C12H17N3O. The van der Waals surface area contributed by atoms with Gasteiger partial charge in [0.25, 0.3) is 0 Å². The molecule has 0 amide bonds. The summed E-state index contributed by atoms with van der Waals surface area (Å²) < 4.78 is 3.94. The van der Waals surface area contributed by atoms with Crippen molar-refractivity contribution < 1.29 is 5.11 Å². The number of hydrogen-bond donors (Lipinski definition) is 1. The van der Waals surface area contributed by atoms with E-state index in [1.54, 1.807) is 6.92 Å². The third-order valence-corrected chi connectivity index (χ3v) is 2.70. The Kier molecular flexibility index (Phi) is 2.83. The third-order valence-electron chi connectivity index (χ3n) is 2.70. The van der Waals surface area contributed by atoms with Crippen molar-refractivity contribution in [2.45, 2.75) is 26.5 Å². The van der Waals surface area contributed by atoms with E-state index in [2.05, 4.69) is 15.7 Å². The fourth-order valence-corrected chi connectivity index (χ4v) is 1.80. The highest BCUT2D eigenvalue weighted by Gasteiger charge is 2.05. The first kappa shape index (κ1) is 11.0. The van der Waals surface area contributed by atoms with Gasteiger partial charge in [-0.2, -0.15) is 5.10 Å². The van der Waals surface area contributed by atoms with E-state index in [9.17, 15) is 5.11 Å². The van der Waals surface area contributed by atoms with Crippen LogP contribution >= 0.6 is 0 Å². The van der Waals surface area contributed by atoms with E-state index < -0.39 is 6.10 Å². The molecule has 16 heavy (non-hydrogen) atoms. The second-order valence-electron chi connectivity index (χ2n) is 4.19. The largest absolute Gasteiger partial charge is 0.389 e. The molecule has 0 bridgehead atoms. The lowest BCUT2D eigenvalue weighted by Gasteiger charge is -2.03. The second-order valence-corrected chi connectivity index (χ2v) is 4.19. The van der Waals surface area contributed by atoms with Gasteiger partial charge in [-0.3, -0.25) is 4.68 Å². The van der Waals surface area contributed by atoms with Crippen LogP contribution in [-0.2, 0) is 13.6 Å². The van der Waals surface area contributed by atoms with Gasteiger partial charge in [-0.05, 0) is 31.5 Å². The topological polar surface area (TPSA) is 43.0 Å². The van der Waals surface area contributed by atoms with E-state index in [1.807, 2.05) is 37.1 Å². The summed E-state index contributed by atoms with van der Waals surface area (Å²) in [5, 5.41) is 13.7. The minimum atomic E-state index is -0.408. The van der Waals surface area contributed by atoms with Crippen molar-refractivity contribution in [3.63, 3.8) is 0 Å². The number of aryl methyl sites for hydroxylation is 2. The summed E-state index contributed by atoms with van der Waals surface area (Å²) in [6.07, 6.45) is 3.53. The lowest BCUT2D eigenvalue weighted by Crippen LogP contribution is -2.03. The Hall–Kier alpha value is -1.55. The molecule has 0 aliphatic heterocycles. The van der Waals surface area contributed by atoms with Gasteiger partial charge in [0.1, 0.15) is 0 Å². The molecule has 0 aliphatic carbocycles. The maximum atomic E-state index is 9.43. The molecule has 1 atom stereocenters. The van der Waals surface area contributed by atoms with Crippen LogP contribution in [0.1, 0.15) is 30.0 Å². The number of aliphatic hydroxyl groups is 1. The zero-order valence-corrected chi connectivity index (χ0v) is 9.88. The Morgan fingerprint density at radius 2 is 2.25 bits per heavy atom. The second kappa shape index (κ2) is 4.14. The normalized spacial score (nSPS) is 13.0. The van der Waals surface area contributed by atoms with Gasteiger partial charge >= 0.3 is 0 Å². The molecular weight excluding hydrogens is 202 g/mol. The van der Waals surface area contributed by atoms with Crippen LogP contribution in [0, 0.1) is 6.92 Å². The zero-order chi connectivity index (χ0) is 11.7. The summed E-state index contributed by atoms with van der Waals surface area (Å²) in [6.45, 7) is 4.54. The Morgan fingerprint density at radius 1 is 1.50 bits per heavy atom. The molecule has 86 valence electrons. The summed E-state index contributed by atoms with van der Waals surface area (Å²) in [5.74, 6) is 0. The minimum absolute atomic E-state index is 0.408. The third kappa shape index (κ3) is 2.17. The van der Waals surface area contributed by atoms with Crippen LogP contribution in [0.25, 0.3) is 0 Å². The predicted molar refractivity (Wildman–Crippen MR) is 62.1 cm³/mol. The first-order valence-corrected chi connectivity index (χ1v) is 5.39. The maximum absolute atomic E-state index is 9.43. The van der Waals surface area contributed by atoms with Crippen LogP contribution < -0.4 is 0 Å². The molecule has 1 N–H and O–H groups in total. The standard InChI is InChI=1S/C12H17N3O/c1-9-6-12(14(3)13-9)8-15-5-4-11(7-15)10(2)16/h4-7,10,16H,8H2,1-3H3. The highest BCUT2D eigenvalue weighted by atomic mass is 16.3. The van der Waals surface area contributed by atoms with E-state index in [1.165, 1.54) is 0 Å². The number of rotatable bonds is 3. The molecule has 2 aromatic rings. The van der Waals surface area contributed by atoms with Gasteiger partial charge in [0, 0.05) is 19.4 Å². The molecule has 2 heterocycles. The smallest absolute Gasteiger partial charge is 0.0776 e. The fourth-order valence-electron chi connectivity index (χ4n) is 1.80. The van der Waals surface area contributed by atoms with E-state index in [4.69, 9.17) is 0 Å². The van der Waals surface area contributed by atoms with Gasteiger partial charge in [-0.25, -0.2) is 0 Å². The number of aliphatic hydroxyl groups excluding tert-OH is 1. The van der Waals surface area contributed by atoms with E-state index in [0.717, 1.165) is 23.5 Å². The highest BCUT2D eigenvalue weighted by molar-refractivity contribution is 5.15. The first-order chi connectivity index (χ1) is 7.56. The van der Waals surface area contributed by atoms with Gasteiger partial charge in [0.05, 0.1) is 24.0 Å². The molecule has 0 spiro atoms. The molecule has 2 aromatic heterocycles. The number of nitrogens with zero attached hydrogens (tertiary/aromatic N) is 3. The van der Waals surface area contributed by atoms with Crippen LogP contribution in [-0.4, -0.2) is 19.5 Å². The predicted octanol–water partition coefficient (Wildman–Crippen LogP) is 1.63. The summed E-state index contributed by atoms with van der Waals surface area (Å²) >= 11 is 0. The Morgan fingerprint density at radius 3 is 2.75 bits per heavy atom. The van der Waals surface area contributed by atoms with Crippen molar-refractivity contribution in [1.82, 2.24) is 14.3 Å². The highest BCUT2D eigenvalue weighted by Crippen LogP contribution is 2.13. The molecule has 0 saturated heterocycles. The zero-order valence-electron chi connectivity index (χ0n) is 9.88. The minimum Gasteiger partial charge on any atom is -0.389 e. The Bertz CT molecular complexity index is 482. The maximum Gasteiger partial charge on any atom is 0.0776 e. The lowest BCUT2D eigenvalue weighted by molar-refractivity contribution is 0.199. The molecule has 0 fully saturated rings. The van der Waals surface area contributed by atoms with Crippen molar-refractivity contribution >= 4 is 0 Å². The molecule has 1 unspecified atom stereocenters. The average molecular weight is 219 g/mol. The Balaban J connectivity index is 2.17. The van der Waals surface area contributed by atoms with Gasteiger partial charge in [-0.15, -0.1) is 0 Å².